The maximum absolute atomic E-state index is 10.3. The number of aliphatic hydroxyl groups is 2. The summed E-state index contributed by atoms with van der Waals surface area (Å²) >= 11 is 17.1. The standard InChI is InChI=1S/C15H16Cl3NO6/c16-15(17,18)14-24-12-10(22)11(23-13(12)25-14)9(21)6-19-5-7-3-1-2-4-8(7)20/h1-5,9-14,20-22H,6H2/t9?,10-,11-,12+,13+,14?/m0/s1. The molecule has 1 aromatic rings. The lowest BCUT2D eigenvalue weighted by molar-refractivity contribution is -0.183. The molecule has 6 atom stereocenters. The highest BCUT2D eigenvalue weighted by Gasteiger charge is 2.57. The van der Waals surface area contributed by atoms with E-state index in [1.54, 1.807) is 18.2 Å². The van der Waals surface area contributed by atoms with Crippen molar-refractivity contribution in [1.29, 1.82) is 0 Å². The third kappa shape index (κ3) is 4.20. The van der Waals surface area contributed by atoms with Crippen LogP contribution in [0.3, 0.4) is 0 Å². The van der Waals surface area contributed by atoms with Crippen molar-refractivity contribution in [3.05, 3.63) is 29.8 Å². The van der Waals surface area contributed by atoms with E-state index in [4.69, 9.17) is 49.0 Å². The molecule has 2 heterocycles. The molecule has 7 nitrogen and oxygen atoms in total. The van der Waals surface area contributed by atoms with Crippen LogP contribution in [-0.2, 0) is 14.2 Å². The van der Waals surface area contributed by atoms with E-state index < -0.39 is 40.8 Å². The molecule has 3 N–H and O–H groups in total. The molecule has 0 spiro atoms. The topological polar surface area (TPSA) is 101 Å². The molecule has 0 radical (unpaired) electrons. The average molecular weight is 413 g/mol. The van der Waals surface area contributed by atoms with Gasteiger partial charge in [0, 0.05) is 11.8 Å². The minimum atomic E-state index is -1.82. The van der Waals surface area contributed by atoms with Gasteiger partial charge in [-0.25, -0.2) is 0 Å². The Bertz CT molecular complexity index is 640. The van der Waals surface area contributed by atoms with Crippen LogP contribution in [0.5, 0.6) is 5.75 Å². The molecule has 0 aliphatic carbocycles. The summed E-state index contributed by atoms with van der Waals surface area (Å²) in [4.78, 5) is 4.06. The number of ether oxygens (including phenoxy) is 3. The Balaban J connectivity index is 1.56. The van der Waals surface area contributed by atoms with Crippen LogP contribution in [0.15, 0.2) is 29.3 Å². The second-order valence-electron chi connectivity index (χ2n) is 5.69. The maximum Gasteiger partial charge on any atom is 0.241 e. The maximum atomic E-state index is 10.3. The summed E-state index contributed by atoms with van der Waals surface area (Å²) in [6.45, 7) is -0.0522. The van der Waals surface area contributed by atoms with Crippen LogP contribution < -0.4 is 0 Å². The molecule has 10 heteroatoms. The van der Waals surface area contributed by atoms with Crippen molar-refractivity contribution in [1.82, 2.24) is 0 Å². The number of rotatable bonds is 4. The molecule has 0 saturated carbocycles. The molecule has 0 amide bonds. The van der Waals surface area contributed by atoms with Crippen LogP contribution in [0.2, 0.25) is 0 Å². The first-order valence-electron chi connectivity index (χ1n) is 7.44. The summed E-state index contributed by atoms with van der Waals surface area (Å²) in [6, 6.07) is 6.64. The average Bonchev–Trinajstić information content (AvgIpc) is 3.09. The van der Waals surface area contributed by atoms with Crippen molar-refractivity contribution in [3.8, 4) is 5.75 Å². The van der Waals surface area contributed by atoms with Crippen LogP contribution in [0.25, 0.3) is 0 Å². The molecule has 138 valence electrons. The minimum Gasteiger partial charge on any atom is -0.507 e. The number of benzene rings is 1. The zero-order chi connectivity index (χ0) is 18.2. The summed E-state index contributed by atoms with van der Waals surface area (Å²) in [5.74, 6) is 0.0759. The minimum absolute atomic E-state index is 0.0522. The van der Waals surface area contributed by atoms with Crippen LogP contribution in [0, 0.1) is 0 Å². The van der Waals surface area contributed by atoms with Crippen LogP contribution in [0.1, 0.15) is 5.56 Å². The van der Waals surface area contributed by atoms with E-state index in [9.17, 15) is 15.3 Å². The predicted molar refractivity (Wildman–Crippen MR) is 91.3 cm³/mol. The highest BCUT2D eigenvalue weighted by atomic mass is 35.6. The monoisotopic (exact) mass is 411 g/mol. The van der Waals surface area contributed by atoms with E-state index in [2.05, 4.69) is 4.99 Å². The fourth-order valence-corrected chi connectivity index (χ4v) is 2.95. The van der Waals surface area contributed by atoms with E-state index in [1.165, 1.54) is 12.3 Å². The van der Waals surface area contributed by atoms with Gasteiger partial charge in [-0.3, -0.25) is 4.99 Å². The molecular formula is C15H16Cl3NO6. The molecular weight excluding hydrogens is 397 g/mol. The van der Waals surface area contributed by atoms with Crippen LogP contribution in [0.4, 0.5) is 0 Å². The summed E-state index contributed by atoms with van der Waals surface area (Å²) < 4.78 is 14.3. The van der Waals surface area contributed by atoms with Gasteiger partial charge in [0.2, 0.25) is 10.1 Å². The van der Waals surface area contributed by atoms with Crippen LogP contribution >= 0.6 is 34.8 Å². The molecule has 2 unspecified atom stereocenters. The third-order valence-electron chi connectivity index (χ3n) is 3.88. The quantitative estimate of drug-likeness (QED) is 0.510. The molecule has 0 bridgehead atoms. The summed E-state index contributed by atoms with van der Waals surface area (Å²) in [6.07, 6.45) is -4.81. The fourth-order valence-electron chi connectivity index (χ4n) is 2.64. The number of nitrogens with zero attached hydrogens (tertiary/aromatic N) is 1. The van der Waals surface area contributed by atoms with Gasteiger partial charge in [0.15, 0.2) is 6.29 Å². The van der Waals surface area contributed by atoms with Gasteiger partial charge in [0.1, 0.15) is 30.2 Å². The fraction of sp³-hybridized carbons (Fsp3) is 0.533. The highest BCUT2D eigenvalue weighted by molar-refractivity contribution is 6.67. The van der Waals surface area contributed by atoms with Crippen molar-refractivity contribution in [2.75, 3.05) is 6.54 Å². The number of fused-ring (bicyclic) bond motifs is 1. The van der Waals surface area contributed by atoms with E-state index in [-0.39, 0.29) is 12.3 Å². The predicted octanol–water partition coefficient (Wildman–Crippen LogP) is 1.37. The lowest BCUT2D eigenvalue weighted by Gasteiger charge is -2.24. The van der Waals surface area contributed by atoms with E-state index in [0.717, 1.165) is 0 Å². The Labute approximate surface area is 158 Å². The zero-order valence-electron chi connectivity index (χ0n) is 12.7. The SMILES string of the molecule is Oc1ccccc1C=NCC(O)[C@@H]1O[C@@H]2OC(C(Cl)(Cl)Cl)O[C@@H]2[C@H]1O. The van der Waals surface area contributed by atoms with Gasteiger partial charge in [-0.05, 0) is 12.1 Å². The summed E-state index contributed by atoms with van der Waals surface area (Å²) in [5.41, 5.74) is 0.511. The molecule has 2 saturated heterocycles. The van der Waals surface area contributed by atoms with E-state index >= 15 is 0 Å². The number of phenols is 1. The van der Waals surface area contributed by atoms with Crippen molar-refractivity contribution in [3.63, 3.8) is 0 Å². The second kappa shape index (κ2) is 7.54. The molecule has 2 aliphatic rings. The second-order valence-corrected chi connectivity index (χ2v) is 8.06. The Morgan fingerprint density at radius 1 is 1.20 bits per heavy atom. The van der Waals surface area contributed by atoms with Gasteiger partial charge in [-0.2, -0.15) is 0 Å². The first-order valence-corrected chi connectivity index (χ1v) is 8.58. The van der Waals surface area contributed by atoms with Gasteiger partial charge >= 0.3 is 0 Å². The number of hydrogen-bond donors (Lipinski definition) is 3. The number of alkyl halides is 3. The molecule has 0 aromatic heterocycles. The van der Waals surface area contributed by atoms with E-state index in [0.29, 0.717) is 5.56 Å². The molecule has 2 aliphatic heterocycles. The van der Waals surface area contributed by atoms with Gasteiger partial charge in [0.05, 0.1) is 6.54 Å². The number of para-hydroxylation sites is 1. The number of phenolic OH excluding ortho intramolecular Hbond substituents is 1. The highest BCUT2D eigenvalue weighted by Crippen LogP contribution is 2.42. The van der Waals surface area contributed by atoms with Crippen molar-refractivity contribution in [2.24, 2.45) is 4.99 Å². The molecule has 2 fully saturated rings. The van der Waals surface area contributed by atoms with Gasteiger partial charge < -0.3 is 29.5 Å². The van der Waals surface area contributed by atoms with Crippen molar-refractivity contribution >= 4 is 41.0 Å². The number of hydrogen-bond acceptors (Lipinski definition) is 7. The Hall–Kier alpha value is -0.640. The lowest BCUT2D eigenvalue weighted by Crippen LogP contribution is -2.42. The third-order valence-corrected chi connectivity index (χ3v) is 4.41. The molecule has 3 rings (SSSR count). The Morgan fingerprint density at radius 2 is 1.92 bits per heavy atom. The number of halogens is 3. The lowest BCUT2D eigenvalue weighted by atomic mass is 10.1. The van der Waals surface area contributed by atoms with Gasteiger partial charge in [-0.1, -0.05) is 46.9 Å². The van der Waals surface area contributed by atoms with E-state index in [1.807, 2.05) is 0 Å². The Kier molecular flexibility index (Phi) is 5.77. The Morgan fingerprint density at radius 3 is 2.56 bits per heavy atom. The first kappa shape index (κ1) is 19.1. The molecule has 25 heavy (non-hydrogen) atoms. The summed E-state index contributed by atoms with van der Waals surface area (Å²) in [5, 5.41) is 30.1. The van der Waals surface area contributed by atoms with Gasteiger partial charge in [-0.15, -0.1) is 0 Å². The number of aliphatic imine (C=N–C) groups is 1. The number of aromatic hydroxyl groups is 1. The van der Waals surface area contributed by atoms with Crippen molar-refractivity contribution < 1.29 is 29.5 Å². The van der Waals surface area contributed by atoms with Crippen LogP contribution in [-0.4, -0.2) is 68.9 Å². The summed E-state index contributed by atoms with van der Waals surface area (Å²) in [7, 11) is 0. The normalized spacial score (nSPS) is 33.7. The zero-order valence-corrected chi connectivity index (χ0v) is 15.0. The number of aliphatic hydroxyl groups excluding tert-OH is 2. The van der Waals surface area contributed by atoms with Crippen molar-refractivity contribution in [2.45, 2.75) is 40.8 Å². The van der Waals surface area contributed by atoms with Gasteiger partial charge in [0.25, 0.3) is 0 Å². The smallest absolute Gasteiger partial charge is 0.241 e. The largest absolute Gasteiger partial charge is 0.507 e. The molecule has 1 aromatic carbocycles. The first-order chi connectivity index (χ1) is 11.8.